The van der Waals surface area contributed by atoms with Crippen molar-refractivity contribution in [3.05, 3.63) is 35.9 Å². The van der Waals surface area contributed by atoms with Crippen LogP contribution in [0.5, 0.6) is 0 Å². The molecule has 3 nitrogen and oxygen atoms in total. The summed E-state index contributed by atoms with van der Waals surface area (Å²) in [6.07, 6.45) is 6.44. The Morgan fingerprint density at radius 3 is 2.38 bits per heavy atom. The van der Waals surface area contributed by atoms with Gasteiger partial charge in [0.2, 0.25) is 5.91 Å². The van der Waals surface area contributed by atoms with Crippen LogP contribution < -0.4 is 0 Å². The summed E-state index contributed by atoms with van der Waals surface area (Å²) in [5, 5.41) is 0. The molecule has 116 valence electrons. The molecule has 0 N–H and O–H groups in total. The highest BCUT2D eigenvalue weighted by atomic mass is 16.2. The number of carbonyl (C=O) groups excluding carboxylic acids is 1. The molecule has 2 rings (SSSR count). The first-order valence-electron chi connectivity index (χ1n) is 8.10. The lowest BCUT2D eigenvalue weighted by molar-refractivity contribution is -0.133. The van der Waals surface area contributed by atoms with Crippen molar-refractivity contribution in [1.29, 1.82) is 0 Å². The summed E-state index contributed by atoms with van der Waals surface area (Å²) in [5.74, 6) is 0.208. The zero-order valence-electron chi connectivity index (χ0n) is 13.6. The Labute approximate surface area is 128 Å². The summed E-state index contributed by atoms with van der Waals surface area (Å²) < 4.78 is 0. The largest absolute Gasteiger partial charge is 0.338 e. The van der Waals surface area contributed by atoms with E-state index in [0.29, 0.717) is 12.6 Å². The van der Waals surface area contributed by atoms with Crippen molar-refractivity contribution in [2.75, 3.05) is 20.6 Å². The zero-order valence-corrected chi connectivity index (χ0v) is 13.6. The molecule has 1 aromatic carbocycles. The molecule has 1 saturated carbocycles. The highest BCUT2D eigenvalue weighted by molar-refractivity contribution is 5.78. The second kappa shape index (κ2) is 7.60. The molecule has 1 amide bonds. The van der Waals surface area contributed by atoms with Gasteiger partial charge in [-0.25, -0.2) is 0 Å². The number of hydrogen-bond donors (Lipinski definition) is 0. The van der Waals surface area contributed by atoms with Crippen LogP contribution in [0.25, 0.3) is 0 Å². The standard InChI is InChI=1S/C18H28N2O/c1-15(16-10-6-4-7-11-16)20(3)18(21)14-19(2)17-12-8-5-9-13-17/h4,6-7,10-11,15,17H,5,8-9,12-14H2,1-3H3. The number of rotatable bonds is 5. The van der Waals surface area contributed by atoms with Crippen molar-refractivity contribution in [3.8, 4) is 0 Å². The third-order valence-electron chi connectivity index (χ3n) is 4.84. The van der Waals surface area contributed by atoms with Gasteiger partial charge in [0, 0.05) is 13.1 Å². The van der Waals surface area contributed by atoms with Gasteiger partial charge in [-0.05, 0) is 32.4 Å². The van der Waals surface area contributed by atoms with Crippen molar-refractivity contribution >= 4 is 5.91 Å². The monoisotopic (exact) mass is 288 g/mol. The lowest BCUT2D eigenvalue weighted by Crippen LogP contribution is -2.42. The van der Waals surface area contributed by atoms with E-state index in [4.69, 9.17) is 0 Å². The topological polar surface area (TPSA) is 23.6 Å². The van der Waals surface area contributed by atoms with Crippen LogP contribution in [0.15, 0.2) is 30.3 Å². The third kappa shape index (κ3) is 4.31. The Morgan fingerprint density at radius 2 is 1.76 bits per heavy atom. The van der Waals surface area contributed by atoms with Crippen LogP contribution in [0.1, 0.15) is 50.6 Å². The highest BCUT2D eigenvalue weighted by Crippen LogP contribution is 2.22. The predicted octanol–water partition coefficient (Wildman–Crippen LogP) is 3.47. The van der Waals surface area contributed by atoms with Gasteiger partial charge in [-0.1, -0.05) is 49.6 Å². The van der Waals surface area contributed by atoms with Crippen LogP contribution >= 0.6 is 0 Å². The van der Waals surface area contributed by atoms with Gasteiger partial charge in [0.15, 0.2) is 0 Å². The van der Waals surface area contributed by atoms with Gasteiger partial charge in [0.1, 0.15) is 0 Å². The highest BCUT2D eigenvalue weighted by Gasteiger charge is 2.23. The van der Waals surface area contributed by atoms with E-state index in [2.05, 4.69) is 31.0 Å². The number of amides is 1. The normalized spacial score (nSPS) is 17.7. The Kier molecular flexibility index (Phi) is 5.80. The number of likely N-dealkylation sites (N-methyl/N-ethyl adjacent to an activating group) is 2. The maximum atomic E-state index is 12.5. The Hall–Kier alpha value is -1.35. The van der Waals surface area contributed by atoms with E-state index in [1.807, 2.05) is 30.1 Å². The van der Waals surface area contributed by atoms with Crippen LogP contribution in [0.3, 0.4) is 0 Å². The molecule has 1 aromatic rings. The van der Waals surface area contributed by atoms with Crippen molar-refractivity contribution in [2.24, 2.45) is 0 Å². The third-order valence-corrected chi connectivity index (χ3v) is 4.84. The van der Waals surface area contributed by atoms with Gasteiger partial charge in [-0.3, -0.25) is 9.69 Å². The average molecular weight is 288 g/mol. The van der Waals surface area contributed by atoms with Crippen molar-refractivity contribution in [2.45, 2.75) is 51.1 Å². The van der Waals surface area contributed by atoms with Crippen LogP contribution in [-0.2, 0) is 4.79 Å². The first kappa shape index (κ1) is 16.0. The van der Waals surface area contributed by atoms with Gasteiger partial charge >= 0.3 is 0 Å². The number of hydrogen-bond acceptors (Lipinski definition) is 2. The molecule has 0 spiro atoms. The summed E-state index contributed by atoms with van der Waals surface area (Å²) in [6, 6.07) is 10.9. The van der Waals surface area contributed by atoms with Gasteiger partial charge in [0.05, 0.1) is 12.6 Å². The molecule has 0 aromatic heterocycles. The smallest absolute Gasteiger partial charge is 0.236 e. The molecule has 0 aliphatic heterocycles. The summed E-state index contributed by atoms with van der Waals surface area (Å²) in [6.45, 7) is 2.62. The summed E-state index contributed by atoms with van der Waals surface area (Å²) in [5.41, 5.74) is 1.19. The molecular weight excluding hydrogens is 260 g/mol. The van der Waals surface area contributed by atoms with Crippen molar-refractivity contribution in [3.63, 3.8) is 0 Å². The maximum Gasteiger partial charge on any atom is 0.236 e. The van der Waals surface area contributed by atoms with Gasteiger partial charge < -0.3 is 4.90 Å². The summed E-state index contributed by atoms with van der Waals surface area (Å²) in [4.78, 5) is 16.6. The maximum absolute atomic E-state index is 12.5. The molecule has 0 saturated heterocycles. The second-order valence-corrected chi connectivity index (χ2v) is 6.30. The van der Waals surface area contributed by atoms with Crippen molar-refractivity contribution < 1.29 is 4.79 Å². The zero-order chi connectivity index (χ0) is 15.2. The number of benzene rings is 1. The lowest BCUT2D eigenvalue weighted by Gasteiger charge is -2.33. The minimum atomic E-state index is 0.124. The molecule has 3 heteroatoms. The molecule has 1 aliphatic carbocycles. The van der Waals surface area contributed by atoms with E-state index in [9.17, 15) is 4.79 Å². The lowest BCUT2D eigenvalue weighted by atomic mass is 9.94. The van der Waals surface area contributed by atoms with E-state index in [-0.39, 0.29) is 11.9 Å². The van der Waals surface area contributed by atoms with Gasteiger partial charge in [0.25, 0.3) is 0 Å². The van der Waals surface area contributed by atoms with E-state index < -0.39 is 0 Å². The van der Waals surface area contributed by atoms with Crippen LogP contribution in [0, 0.1) is 0 Å². The Morgan fingerprint density at radius 1 is 1.14 bits per heavy atom. The first-order chi connectivity index (χ1) is 10.1. The van der Waals surface area contributed by atoms with E-state index in [1.165, 1.54) is 37.7 Å². The molecule has 0 radical (unpaired) electrons. The second-order valence-electron chi connectivity index (χ2n) is 6.30. The Bertz CT molecular complexity index is 440. The molecule has 0 bridgehead atoms. The summed E-state index contributed by atoms with van der Waals surface area (Å²) >= 11 is 0. The molecule has 1 atom stereocenters. The quantitative estimate of drug-likeness (QED) is 0.828. The summed E-state index contributed by atoms with van der Waals surface area (Å²) in [7, 11) is 4.00. The fourth-order valence-corrected chi connectivity index (χ4v) is 3.15. The van der Waals surface area contributed by atoms with Crippen LogP contribution in [-0.4, -0.2) is 42.4 Å². The fraction of sp³-hybridized carbons (Fsp3) is 0.611. The molecule has 1 unspecified atom stereocenters. The number of nitrogens with zero attached hydrogens (tertiary/aromatic N) is 2. The van der Waals surface area contributed by atoms with E-state index in [1.54, 1.807) is 0 Å². The van der Waals surface area contributed by atoms with E-state index >= 15 is 0 Å². The Balaban J connectivity index is 1.89. The van der Waals surface area contributed by atoms with Gasteiger partial charge in [-0.2, -0.15) is 0 Å². The molecule has 21 heavy (non-hydrogen) atoms. The molecular formula is C18H28N2O. The SMILES string of the molecule is CC(c1ccccc1)N(C)C(=O)CN(C)C1CCCCC1. The van der Waals surface area contributed by atoms with Crippen LogP contribution in [0.2, 0.25) is 0 Å². The van der Waals surface area contributed by atoms with Crippen LogP contribution in [0.4, 0.5) is 0 Å². The predicted molar refractivity (Wildman–Crippen MR) is 87.1 cm³/mol. The number of carbonyl (C=O) groups is 1. The average Bonchev–Trinajstić information content (AvgIpc) is 2.55. The minimum absolute atomic E-state index is 0.124. The first-order valence-corrected chi connectivity index (χ1v) is 8.10. The minimum Gasteiger partial charge on any atom is -0.338 e. The molecule has 1 fully saturated rings. The molecule has 1 aliphatic rings. The fourth-order valence-electron chi connectivity index (χ4n) is 3.15. The molecule has 0 heterocycles. The van der Waals surface area contributed by atoms with Crippen molar-refractivity contribution in [1.82, 2.24) is 9.80 Å². The van der Waals surface area contributed by atoms with E-state index in [0.717, 1.165) is 0 Å². The van der Waals surface area contributed by atoms with Gasteiger partial charge in [-0.15, -0.1) is 0 Å².